The lowest BCUT2D eigenvalue weighted by Gasteiger charge is -2.22. The van der Waals surface area contributed by atoms with E-state index in [0.29, 0.717) is 42.8 Å². The van der Waals surface area contributed by atoms with Crippen LogP contribution in [0.25, 0.3) is 0 Å². The van der Waals surface area contributed by atoms with Crippen molar-refractivity contribution in [2.24, 2.45) is 0 Å². The van der Waals surface area contributed by atoms with Crippen molar-refractivity contribution in [1.82, 2.24) is 0 Å². The van der Waals surface area contributed by atoms with Crippen LogP contribution in [0, 0.1) is 0 Å². The van der Waals surface area contributed by atoms with Crippen LogP contribution in [0.2, 0.25) is 5.02 Å². The van der Waals surface area contributed by atoms with Crippen molar-refractivity contribution in [2.75, 3.05) is 26.4 Å². The minimum atomic E-state index is -0.550. The van der Waals surface area contributed by atoms with Crippen LogP contribution in [0.3, 0.4) is 0 Å². The van der Waals surface area contributed by atoms with Gasteiger partial charge in [-0.15, -0.1) is 0 Å². The molecule has 1 saturated heterocycles. The fourth-order valence-electron chi connectivity index (χ4n) is 2.26. The van der Waals surface area contributed by atoms with Gasteiger partial charge in [-0.1, -0.05) is 11.6 Å². The van der Waals surface area contributed by atoms with Crippen molar-refractivity contribution < 1.29 is 19.0 Å². The van der Waals surface area contributed by atoms with Gasteiger partial charge in [-0.25, -0.2) is 0 Å². The lowest BCUT2D eigenvalue weighted by atomic mass is 10.0. The molecule has 1 aromatic rings. The van der Waals surface area contributed by atoms with E-state index in [1.54, 1.807) is 6.07 Å². The third-order valence-electron chi connectivity index (χ3n) is 3.12. The summed E-state index contributed by atoms with van der Waals surface area (Å²) in [5.41, 5.74) is 1.49. The summed E-state index contributed by atoms with van der Waals surface area (Å²) in [6.07, 6.45) is 0.239. The van der Waals surface area contributed by atoms with Crippen molar-refractivity contribution >= 4 is 17.4 Å². The molecule has 1 fully saturated rings. The summed E-state index contributed by atoms with van der Waals surface area (Å²) < 4.78 is 16.2. The largest absolute Gasteiger partial charge is 0.492 e. The van der Waals surface area contributed by atoms with Crippen molar-refractivity contribution in [3.05, 3.63) is 28.3 Å². The molecule has 1 unspecified atom stereocenters. The van der Waals surface area contributed by atoms with Crippen molar-refractivity contribution in [3.8, 4) is 5.75 Å². The zero-order valence-electron chi connectivity index (χ0n) is 9.78. The Morgan fingerprint density at radius 3 is 2.94 bits per heavy atom. The maximum Gasteiger partial charge on any atom is 0.197 e. The van der Waals surface area contributed by atoms with E-state index >= 15 is 0 Å². The second-order valence-corrected chi connectivity index (χ2v) is 4.78. The molecule has 18 heavy (non-hydrogen) atoms. The van der Waals surface area contributed by atoms with Gasteiger partial charge in [-0.3, -0.25) is 4.79 Å². The van der Waals surface area contributed by atoms with Crippen LogP contribution >= 0.6 is 11.6 Å². The molecule has 1 aromatic carbocycles. The van der Waals surface area contributed by atoms with E-state index in [1.807, 2.05) is 6.07 Å². The predicted octanol–water partition coefficient (Wildman–Crippen LogP) is 1.87. The van der Waals surface area contributed by atoms with Gasteiger partial charge in [-0.05, 0) is 17.7 Å². The van der Waals surface area contributed by atoms with Gasteiger partial charge < -0.3 is 14.2 Å². The van der Waals surface area contributed by atoms with Crippen LogP contribution in [0.4, 0.5) is 0 Å². The third kappa shape index (κ3) is 2.11. The van der Waals surface area contributed by atoms with Crippen LogP contribution in [0.1, 0.15) is 15.9 Å². The molecule has 0 bridgehead atoms. The average molecular weight is 269 g/mol. The van der Waals surface area contributed by atoms with E-state index in [0.717, 1.165) is 12.0 Å². The number of halogens is 1. The Labute approximate surface area is 110 Å². The zero-order valence-corrected chi connectivity index (χ0v) is 10.5. The normalized spacial score (nSPS) is 22.4. The molecule has 0 radical (unpaired) electrons. The first-order valence-corrected chi connectivity index (χ1v) is 6.32. The highest BCUT2D eigenvalue weighted by molar-refractivity contribution is 6.31. The Balaban J connectivity index is 1.93. The minimum Gasteiger partial charge on any atom is -0.492 e. The minimum absolute atomic E-state index is 0.115. The molecule has 0 saturated carbocycles. The lowest BCUT2D eigenvalue weighted by molar-refractivity contribution is -0.0719. The fourth-order valence-corrected chi connectivity index (χ4v) is 2.51. The molecule has 3 rings (SSSR count). The molecule has 96 valence electrons. The highest BCUT2D eigenvalue weighted by atomic mass is 35.5. The Bertz CT molecular complexity index is 480. The molecule has 5 heteroatoms. The average Bonchev–Trinajstić information content (AvgIpc) is 2.86. The molecule has 4 nitrogen and oxygen atoms in total. The summed E-state index contributed by atoms with van der Waals surface area (Å²) in [6.45, 7) is 1.87. The first kappa shape index (κ1) is 12.0. The molecule has 0 aliphatic carbocycles. The van der Waals surface area contributed by atoms with Gasteiger partial charge in [0.05, 0.1) is 32.0 Å². The summed E-state index contributed by atoms with van der Waals surface area (Å²) >= 11 is 6.03. The standard InChI is InChI=1S/C13H13ClO4/c14-9-5-8-1-2-18-13(8)10(6-9)12(15)11-7-16-3-4-17-11/h5-6,11H,1-4,7H2. The number of hydrogen-bond acceptors (Lipinski definition) is 4. The number of carbonyl (C=O) groups excluding carboxylic acids is 1. The highest BCUT2D eigenvalue weighted by Crippen LogP contribution is 2.34. The topological polar surface area (TPSA) is 44.8 Å². The molecular weight excluding hydrogens is 256 g/mol. The molecule has 0 aromatic heterocycles. The van der Waals surface area contributed by atoms with E-state index < -0.39 is 6.10 Å². The summed E-state index contributed by atoms with van der Waals surface area (Å²) in [7, 11) is 0. The number of rotatable bonds is 2. The SMILES string of the molecule is O=C(c1cc(Cl)cc2c1OCC2)C1COCCO1. The molecule has 2 aliphatic rings. The summed E-state index contributed by atoms with van der Waals surface area (Å²) in [5.74, 6) is 0.536. The number of benzene rings is 1. The fraction of sp³-hybridized carbons (Fsp3) is 0.462. The van der Waals surface area contributed by atoms with Crippen LogP contribution < -0.4 is 4.74 Å². The molecular formula is C13H13ClO4. The maximum absolute atomic E-state index is 12.4. The van der Waals surface area contributed by atoms with Crippen molar-refractivity contribution in [3.63, 3.8) is 0 Å². The van der Waals surface area contributed by atoms with Crippen molar-refractivity contribution in [2.45, 2.75) is 12.5 Å². The third-order valence-corrected chi connectivity index (χ3v) is 3.34. The van der Waals surface area contributed by atoms with Gasteiger partial charge >= 0.3 is 0 Å². The van der Waals surface area contributed by atoms with Crippen molar-refractivity contribution in [1.29, 1.82) is 0 Å². The predicted molar refractivity (Wildman–Crippen MR) is 65.5 cm³/mol. The van der Waals surface area contributed by atoms with Gasteiger partial charge in [0.1, 0.15) is 11.9 Å². The van der Waals surface area contributed by atoms with Crippen LogP contribution in [-0.4, -0.2) is 38.3 Å². The molecule has 0 amide bonds. The van der Waals surface area contributed by atoms with E-state index in [-0.39, 0.29) is 5.78 Å². The molecule has 2 aliphatic heterocycles. The number of fused-ring (bicyclic) bond motifs is 1. The van der Waals surface area contributed by atoms with E-state index in [2.05, 4.69) is 0 Å². The second kappa shape index (κ2) is 4.88. The summed E-state index contributed by atoms with van der Waals surface area (Å²) in [4.78, 5) is 12.4. The quantitative estimate of drug-likeness (QED) is 0.768. The van der Waals surface area contributed by atoms with E-state index in [1.165, 1.54) is 0 Å². The van der Waals surface area contributed by atoms with E-state index in [9.17, 15) is 4.79 Å². The first-order chi connectivity index (χ1) is 8.75. The van der Waals surface area contributed by atoms with Gasteiger partial charge in [-0.2, -0.15) is 0 Å². The molecule has 2 heterocycles. The second-order valence-electron chi connectivity index (χ2n) is 4.34. The number of Topliss-reactive ketones (excluding diaryl/α,β-unsaturated/α-hetero) is 1. The smallest absolute Gasteiger partial charge is 0.197 e. The number of carbonyl (C=O) groups is 1. The summed E-state index contributed by atoms with van der Waals surface area (Å²) in [6, 6.07) is 3.49. The van der Waals surface area contributed by atoms with Crippen LogP contribution in [0.5, 0.6) is 5.75 Å². The Kier molecular flexibility index (Phi) is 3.24. The van der Waals surface area contributed by atoms with Gasteiger partial charge in [0.2, 0.25) is 0 Å². The van der Waals surface area contributed by atoms with Gasteiger partial charge in [0.15, 0.2) is 5.78 Å². The molecule has 1 atom stereocenters. The monoisotopic (exact) mass is 268 g/mol. The zero-order chi connectivity index (χ0) is 12.5. The number of ether oxygens (including phenoxy) is 3. The summed E-state index contributed by atoms with van der Waals surface area (Å²) in [5, 5.41) is 0.555. The number of hydrogen-bond donors (Lipinski definition) is 0. The maximum atomic E-state index is 12.4. The van der Waals surface area contributed by atoms with Gasteiger partial charge in [0.25, 0.3) is 0 Å². The Morgan fingerprint density at radius 2 is 2.17 bits per heavy atom. The Morgan fingerprint density at radius 1 is 1.28 bits per heavy atom. The van der Waals surface area contributed by atoms with E-state index in [4.69, 9.17) is 25.8 Å². The molecule has 0 spiro atoms. The van der Waals surface area contributed by atoms with Crippen LogP contribution in [-0.2, 0) is 15.9 Å². The number of ketones is 1. The lowest BCUT2D eigenvalue weighted by Crippen LogP contribution is -2.35. The molecule has 0 N–H and O–H groups in total. The highest BCUT2D eigenvalue weighted by Gasteiger charge is 2.29. The first-order valence-electron chi connectivity index (χ1n) is 5.94. The van der Waals surface area contributed by atoms with Crippen LogP contribution in [0.15, 0.2) is 12.1 Å². The van der Waals surface area contributed by atoms with Gasteiger partial charge in [0, 0.05) is 11.4 Å². The Hall–Kier alpha value is -1.10.